The lowest BCUT2D eigenvalue weighted by atomic mass is 10.2. The van der Waals surface area contributed by atoms with Crippen molar-refractivity contribution in [2.75, 3.05) is 0 Å². The summed E-state index contributed by atoms with van der Waals surface area (Å²) in [5.74, 6) is 1.11. The molecule has 0 aliphatic carbocycles. The Bertz CT molecular complexity index is 456. The number of aromatic nitrogens is 3. The summed E-state index contributed by atoms with van der Waals surface area (Å²) in [6.45, 7) is 1.91. The zero-order chi connectivity index (χ0) is 12.1. The Balaban J connectivity index is 1.99. The Morgan fingerprint density at radius 3 is 3.06 bits per heavy atom. The number of rotatable bonds is 5. The molecule has 2 aromatic heterocycles. The molecule has 0 fully saturated rings. The fourth-order valence-electron chi connectivity index (χ4n) is 1.48. The highest BCUT2D eigenvalue weighted by Crippen LogP contribution is 2.07. The largest absolute Gasteiger partial charge is 0.393 e. The first-order chi connectivity index (χ1) is 8.28. The van der Waals surface area contributed by atoms with Crippen molar-refractivity contribution in [1.82, 2.24) is 15.1 Å². The van der Waals surface area contributed by atoms with Gasteiger partial charge in [0.1, 0.15) is 0 Å². The highest BCUT2D eigenvalue weighted by Gasteiger charge is 2.11. The minimum atomic E-state index is -0.415. The van der Waals surface area contributed by atoms with E-state index in [-0.39, 0.29) is 0 Å². The molecule has 5 nitrogen and oxygen atoms in total. The van der Waals surface area contributed by atoms with Gasteiger partial charge < -0.3 is 9.63 Å². The first kappa shape index (κ1) is 11.7. The zero-order valence-electron chi connectivity index (χ0n) is 9.71. The average molecular weight is 233 g/mol. The van der Waals surface area contributed by atoms with Crippen LogP contribution in [0.1, 0.15) is 30.6 Å². The Kier molecular flexibility index (Phi) is 3.82. The van der Waals surface area contributed by atoms with Crippen LogP contribution in [0.4, 0.5) is 0 Å². The van der Waals surface area contributed by atoms with Gasteiger partial charge in [-0.1, -0.05) is 18.1 Å². The van der Waals surface area contributed by atoms with Crippen LogP contribution in [0.2, 0.25) is 0 Å². The van der Waals surface area contributed by atoms with Crippen LogP contribution in [-0.4, -0.2) is 26.3 Å². The zero-order valence-corrected chi connectivity index (χ0v) is 9.71. The lowest BCUT2D eigenvalue weighted by Crippen LogP contribution is -2.08. The molecular formula is C12H15N3O2. The second-order valence-electron chi connectivity index (χ2n) is 3.91. The van der Waals surface area contributed by atoms with E-state index in [1.54, 1.807) is 12.4 Å². The Morgan fingerprint density at radius 2 is 2.35 bits per heavy atom. The molecule has 0 radical (unpaired) electrons. The van der Waals surface area contributed by atoms with E-state index in [0.717, 1.165) is 5.56 Å². The van der Waals surface area contributed by atoms with Gasteiger partial charge >= 0.3 is 0 Å². The van der Waals surface area contributed by atoms with Crippen molar-refractivity contribution < 1.29 is 9.63 Å². The van der Waals surface area contributed by atoms with Crippen molar-refractivity contribution in [3.8, 4) is 0 Å². The first-order valence-corrected chi connectivity index (χ1v) is 5.66. The van der Waals surface area contributed by atoms with Gasteiger partial charge in [-0.3, -0.25) is 4.98 Å². The van der Waals surface area contributed by atoms with E-state index in [2.05, 4.69) is 15.1 Å². The number of pyridine rings is 1. The van der Waals surface area contributed by atoms with Gasteiger partial charge in [-0.05, 0) is 18.1 Å². The van der Waals surface area contributed by atoms with Gasteiger partial charge in [-0.15, -0.1) is 0 Å². The number of aliphatic hydroxyl groups is 1. The van der Waals surface area contributed by atoms with Gasteiger partial charge in [0.15, 0.2) is 5.82 Å². The summed E-state index contributed by atoms with van der Waals surface area (Å²) in [5.41, 5.74) is 1.04. The summed E-state index contributed by atoms with van der Waals surface area (Å²) in [7, 11) is 0. The summed E-state index contributed by atoms with van der Waals surface area (Å²) >= 11 is 0. The molecule has 2 heterocycles. The standard InChI is InChI=1S/C12H15N3O2/c1-2-10(16)7-12-14-11(15-17-12)6-9-4-3-5-13-8-9/h3-5,8,10,16H,2,6-7H2,1H3. The number of hydrogen-bond acceptors (Lipinski definition) is 5. The predicted molar refractivity (Wildman–Crippen MR) is 61.3 cm³/mol. The van der Waals surface area contributed by atoms with E-state index in [9.17, 15) is 5.11 Å². The molecule has 5 heteroatoms. The van der Waals surface area contributed by atoms with Crippen molar-refractivity contribution in [2.24, 2.45) is 0 Å². The molecule has 0 saturated heterocycles. The first-order valence-electron chi connectivity index (χ1n) is 5.66. The smallest absolute Gasteiger partial charge is 0.229 e. The molecule has 0 spiro atoms. The third-order valence-corrected chi connectivity index (χ3v) is 2.48. The normalized spacial score (nSPS) is 12.6. The maximum absolute atomic E-state index is 9.47. The Hall–Kier alpha value is -1.75. The average Bonchev–Trinajstić information content (AvgIpc) is 2.77. The minimum absolute atomic E-state index is 0.413. The van der Waals surface area contributed by atoms with Gasteiger partial charge in [-0.25, -0.2) is 0 Å². The number of nitrogens with zero attached hydrogens (tertiary/aromatic N) is 3. The molecule has 2 aromatic rings. The van der Waals surface area contributed by atoms with Crippen molar-refractivity contribution in [2.45, 2.75) is 32.3 Å². The van der Waals surface area contributed by atoms with Gasteiger partial charge in [0.05, 0.1) is 12.5 Å². The van der Waals surface area contributed by atoms with Gasteiger partial charge in [0, 0.05) is 18.8 Å². The van der Waals surface area contributed by atoms with Crippen LogP contribution in [0.3, 0.4) is 0 Å². The SMILES string of the molecule is CCC(O)Cc1nc(Cc2cccnc2)no1. The minimum Gasteiger partial charge on any atom is -0.393 e. The van der Waals surface area contributed by atoms with E-state index < -0.39 is 6.10 Å². The molecule has 1 unspecified atom stereocenters. The van der Waals surface area contributed by atoms with E-state index >= 15 is 0 Å². The Morgan fingerprint density at radius 1 is 1.47 bits per heavy atom. The van der Waals surface area contributed by atoms with Crippen molar-refractivity contribution in [1.29, 1.82) is 0 Å². The maximum atomic E-state index is 9.47. The number of aliphatic hydroxyl groups excluding tert-OH is 1. The molecule has 17 heavy (non-hydrogen) atoms. The van der Waals surface area contributed by atoms with E-state index in [4.69, 9.17) is 4.52 Å². The van der Waals surface area contributed by atoms with E-state index in [1.807, 2.05) is 19.1 Å². The molecule has 2 rings (SSSR count). The van der Waals surface area contributed by atoms with Crippen LogP contribution < -0.4 is 0 Å². The molecular weight excluding hydrogens is 218 g/mol. The highest BCUT2D eigenvalue weighted by atomic mass is 16.5. The third kappa shape index (κ3) is 3.35. The maximum Gasteiger partial charge on any atom is 0.229 e. The van der Waals surface area contributed by atoms with Crippen molar-refractivity contribution in [3.05, 3.63) is 41.8 Å². The molecule has 0 aliphatic heterocycles. The molecule has 0 bridgehead atoms. The molecule has 0 amide bonds. The van der Waals surface area contributed by atoms with Gasteiger partial charge in [0.25, 0.3) is 0 Å². The lowest BCUT2D eigenvalue weighted by molar-refractivity contribution is 0.158. The molecule has 1 N–H and O–H groups in total. The van der Waals surface area contributed by atoms with Crippen LogP contribution in [0, 0.1) is 0 Å². The van der Waals surface area contributed by atoms with Crippen LogP contribution in [0.15, 0.2) is 29.0 Å². The second kappa shape index (κ2) is 5.54. The summed E-state index contributed by atoms with van der Waals surface area (Å²) in [4.78, 5) is 8.25. The molecule has 90 valence electrons. The fourth-order valence-corrected chi connectivity index (χ4v) is 1.48. The predicted octanol–water partition coefficient (Wildman–Crippen LogP) is 1.37. The van der Waals surface area contributed by atoms with Crippen molar-refractivity contribution in [3.63, 3.8) is 0 Å². The number of hydrogen-bond donors (Lipinski definition) is 1. The molecule has 1 atom stereocenters. The summed E-state index contributed by atoms with van der Waals surface area (Å²) < 4.78 is 5.07. The summed E-state index contributed by atoms with van der Waals surface area (Å²) in [6.07, 6.45) is 4.78. The van der Waals surface area contributed by atoms with Gasteiger partial charge in [-0.2, -0.15) is 4.98 Å². The van der Waals surface area contributed by atoms with Crippen molar-refractivity contribution >= 4 is 0 Å². The van der Waals surface area contributed by atoms with E-state index in [0.29, 0.717) is 31.0 Å². The third-order valence-electron chi connectivity index (χ3n) is 2.48. The monoisotopic (exact) mass is 233 g/mol. The second-order valence-corrected chi connectivity index (χ2v) is 3.91. The Labute approximate surface area is 99.5 Å². The fraction of sp³-hybridized carbons (Fsp3) is 0.417. The molecule has 0 aliphatic rings. The highest BCUT2D eigenvalue weighted by molar-refractivity contribution is 5.13. The molecule has 0 saturated carbocycles. The lowest BCUT2D eigenvalue weighted by Gasteiger charge is -2.01. The summed E-state index contributed by atoms with van der Waals surface area (Å²) in [6, 6.07) is 3.83. The van der Waals surface area contributed by atoms with Crippen LogP contribution >= 0.6 is 0 Å². The van der Waals surface area contributed by atoms with Crippen LogP contribution in [-0.2, 0) is 12.8 Å². The molecule has 0 aromatic carbocycles. The quantitative estimate of drug-likeness (QED) is 0.844. The van der Waals surface area contributed by atoms with E-state index in [1.165, 1.54) is 0 Å². The van der Waals surface area contributed by atoms with Gasteiger partial charge in [0.2, 0.25) is 5.89 Å². The van der Waals surface area contributed by atoms with Crippen LogP contribution in [0.5, 0.6) is 0 Å². The topological polar surface area (TPSA) is 72.0 Å². The van der Waals surface area contributed by atoms with Crippen LogP contribution in [0.25, 0.3) is 0 Å². The summed E-state index contributed by atoms with van der Waals surface area (Å²) in [5, 5.41) is 13.3.